The van der Waals surface area contributed by atoms with Crippen molar-refractivity contribution in [1.29, 1.82) is 0 Å². The van der Waals surface area contributed by atoms with E-state index in [1.54, 1.807) is 35.2 Å². The van der Waals surface area contributed by atoms with Gasteiger partial charge in [-0.2, -0.15) is 0 Å². The minimum atomic E-state index is -0.909. The third-order valence-electron chi connectivity index (χ3n) is 4.95. The molecule has 3 unspecified atom stereocenters. The normalized spacial score (nSPS) is 17.9. The molecule has 1 saturated heterocycles. The van der Waals surface area contributed by atoms with Gasteiger partial charge in [-0.1, -0.05) is 48.0 Å². The van der Waals surface area contributed by atoms with Gasteiger partial charge in [-0.3, -0.25) is 14.4 Å². The van der Waals surface area contributed by atoms with Crippen LogP contribution in [0, 0.1) is 5.92 Å². The number of hydrogen-bond acceptors (Lipinski definition) is 5. The van der Waals surface area contributed by atoms with Gasteiger partial charge in [0.15, 0.2) is 5.78 Å². The van der Waals surface area contributed by atoms with E-state index in [1.165, 1.54) is 6.92 Å². The standard InChI is InChI=1S/C21H28BrN3O5/c1-13(2)18(20(28)25-11-7-10-16(25)17(26)12-22)24-19(27)14(3)23-21(29)30-15-8-5-4-6-9-15/h4-6,8-9,13-14,16,18H,7,10-12H2,1-3H3,(H,23,29)(H,24,27). The van der Waals surface area contributed by atoms with Crippen molar-refractivity contribution in [3.63, 3.8) is 0 Å². The second kappa shape index (κ2) is 11.1. The molecule has 30 heavy (non-hydrogen) atoms. The van der Waals surface area contributed by atoms with E-state index in [4.69, 9.17) is 4.74 Å². The van der Waals surface area contributed by atoms with Crippen molar-refractivity contribution in [2.24, 2.45) is 5.92 Å². The van der Waals surface area contributed by atoms with Crippen LogP contribution < -0.4 is 15.4 Å². The summed E-state index contributed by atoms with van der Waals surface area (Å²) in [5.41, 5.74) is 0. The molecule has 0 aliphatic carbocycles. The first-order valence-corrected chi connectivity index (χ1v) is 11.1. The maximum atomic E-state index is 13.1. The summed E-state index contributed by atoms with van der Waals surface area (Å²) in [6, 6.07) is 6.32. The second-order valence-electron chi connectivity index (χ2n) is 7.59. The van der Waals surface area contributed by atoms with Crippen LogP contribution in [0.1, 0.15) is 33.6 Å². The first-order valence-electron chi connectivity index (χ1n) is 9.97. The molecule has 2 N–H and O–H groups in total. The molecule has 0 spiro atoms. The monoisotopic (exact) mass is 481 g/mol. The molecule has 1 aromatic carbocycles. The minimum absolute atomic E-state index is 0.0478. The highest BCUT2D eigenvalue weighted by Crippen LogP contribution is 2.21. The molecular formula is C21H28BrN3O5. The number of hydrogen-bond donors (Lipinski definition) is 2. The van der Waals surface area contributed by atoms with E-state index in [9.17, 15) is 19.2 Å². The summed E-state index contributed by atoms with van der Waals surface area (Å²) in [6.07, 6.45) is 0.605. The fourth-order valence-electron chi connectivity index (χ4n) is 3.29. The van der Waals surface area contributed by atoms with Crippen LogP contribution in [-0.2, 0) is 14.4 Å². The van der Waals surface area contributed by atoms with Crippen LogP contribution >= 0.6 is 15.9 Å². The summed E-state index contributed by atoms with van der Waals surface area (Å²) >= 11 is 3.16. The Morgan fingerprint density at radius 3 is 2.40 bits per heavy atom. The number of alkyl halides is 1. The zero-order valence-corrected chi connectivity index (χ0v) is 19.0. The number of benzene rings is 1. The maximum absolute atomic E-state index is 13.1. The fourth-order valence-corrected chi connectivity index (χ4v) is 3.67. The van der Waals surface area contributed by atoms with Gasteiger partial charge >= 0.3 is 6.09 Å². The lowest BCUT2D eigenvalue weighted by Crippen LogP contribution is -2.57. The molecule has 164 valence electrons. The molecule has 1 heterocycles. The lowest BCUT2D eigenvalue weighted by Gasteiger charge is -2.31. The largest absolute Gasteiger partial charge is 0.413 e. The van der Waals surface area contributed by atoms with E-state index in [0.717, 1.165) is 6.42 Å². The average Bonchev–Trinajstić information content (AvgIpc) is 3.21. The van der Waals surface area contributed by atoms with Gasteiger partial charge in [-0.15, -0.1) is 0 Å². The van der Waals surface area contributed by atoms with Gasteiger partial charge in [0.25, 0.3) is 0 Å². The third-order valence-corrected chi connectivity index (χ3v) is 5.50. The van der Waals surface area contributed by atoms with Gasteiger partial charge in [-0.25, -0.2) is 4.79 Å². The molecule has 8 nitrogen and oxygen atoms in total. The van der Waals surface area contributed by atoms with Gasteiger partial charge in [0.2, 0.25) is 11.8 Å². The molecule has 0 saturated carbocycles. The molecule has 0 radical (unpaired) electrons. The van der Waals surface area contributed by atoms with Gasteiger partial charge in [-0.05, 0) is 37.8 Å². The van der Waals surface area contributed by atoms with Crippen molar-refractivity contribution in [3.8, 4) is 5.75 Å². The van der Waals surface area contributed by atoms with Gasteiger partial charge < -0.3 is 20.3 Å². The summed E-state index contributed by atoms with van der Waals surface area (Å²) in [4.78, 5) is 51.4. The summed E-state index contributed by atoms with van der Waals surface area (Å²) in [7, 11) is 0. The summed E-state index contributed by atoms with van der Waals surface area (Å²) in [6.45, 7) is 5.64. The van der Waals surface area contributed by atoms with E-state index in [-0.39, 0.29) is 22.9 Å². The molecule has 0 aromatic heterocycles. The van der Waals surface area contributed by atoms with Crippen LogP contribution in [0.25, 0.3) is 0 Å². The number of likely N-dealkylation sites (tertiary alicyclic amines) is 1. The quantitative estimate of drug-likeness (QED) is 0.554. The number of amides is 3. The number of Topliss-reactive ketones (excluding diaryl/α,β-unsaturated/α-hetero) is 1. The number of rotatable bonds is 8. The fraction of sp³-hybridized carbons (Fsp3) is 0.524. The predicted molar refractivity (Wildman–Crippen MR) is 115 cm³/mol. The molecule has 1 aliphatic rings. The van der Waals surface area contributed by atoms with Gasteiger partial charge in [0.05, 0.1) is 11.4 Å². The van der Waals surface area contributed by atoms with Gasteiger partial charge in [0, 0.05) is 6.54 Å². The van der Waals surface area contributed by atoms with Crippen LogP contribution in [0.4, 0.5) is 4.79 Å². The first-order chi connectivity index (χ1) is 14.2. The van der Waals surface area contributed by atoms with Crippen LogP contribution in [0.5, 0.6) is 5.75 Å². The lowest BCUT2D eigenvalue weighted by molar-refractivity contribution is -0.141. The first kappa shape index (κ1) is 23.9. The Morgan fingerprint density at radius 1 is 1.13 bits per heavy atom. The van der Waals surface area contributed by atoms with Crippen molar-refractivity contribution < 1.29 is 23.9 Å². The van der Waals surface area contributed by atoms with Gasteiger partial charge in [0.1, 0.15) is 17.8 Å². The molecule has 0 bridgehead atoms. The molecule has 3 atom stereocenters. The Bertz CT molecular complexity index is 771. The molecule has 2 rings (SSSR count). The van der Waals surface area contributed by atoms with E-state index in [1.807, 2.05) is 13.8 Å². The van der Waals surface area contributed by atoms with E-state index in [0.29, 0.717) is 18.7 Å². The van der Waals surface area contributed by atoms with E-state index < -0.39 is 30.1 Å². The smallest absolute Gasteiger partial charge is 0.410 e. The SMILES string of the molecule is CC(NC(=O)Oc1ccccc1)C(=O)NC(C(=O)N1CCCC1C(=O)CBr)C(C)C. The van der Waals surface area contributed by atoms with Crippen molar-refractivity contribution in [1.82, 2.24) is 15.5 Å². The minimum Gasteiger partial charge on any atom is -0.410 e. The number of para-hydroxylation sites is 1. The number of nitrogens with zero attached hydrogens (tertiary/aromatic N) is 1. The summed E-state index contributed by atoms with van der Waals surface area (Å²) in [5.74, 6) is -0.670. The highest BCUT2D eigenvalue weighted by atomic mass is 79.9. The Hall–Kier alpha value is -2.42. The highest BCUT2D eigenvalue weighted by molar-refractivity contribution is 9.09. The Morgan fingerprint density at radius 2 is 1.80 bits per heavy atom. The summed E-state index contributed by atoms with van der Waals surface area (Å²) in [5, 5.41) is 5.36. The maximum Gasteiger partial charge on any atom is 0.413 e. The van der Waals surface area contributed by atoms with Crippen molar-refractivity contribution in [2.45, 2.75) is 51.7 Å². The predicted octanol–water partition coefficient (Wildman–Crippen LogP) is 2.26. The van der Waals surface area contributed by atoms with Crippen molar-refractivity contribution in [3.05, 3.63) is 30.3 Å². The zero-order chi connectivity index (χ0) is 22.3. The zero-order valence-electron chi connectivity index (χ0n) is 17.4. The van der Waals surface area contributed by atoms with Crippen LogP contribution in [-0.4, -0.2) is 58.6 Å². The molecule has 1 aromatic rings. The van der Waals surface area contributed by atoms with Crippen LogP contribution in [0.2, 0.25) is 0 Å². The molecular weight excluding hydrogens is 454 g/mol. The Kier molecular flexibility index (Phi) is 8.83. The van der Waals surface area contributed by atoms with Crippen LogP contribution in [0.15, 0.2) is 30.3 Å². The van der Waals surface area contributed by atoms with E-state index >= 15 is 0 Å². The topological polar surface area (TPSA) is 105 Å². The molecule has 1 aliphatic heterocycles. The number of carbonyl (C=O) groups is 4. The average molecular weight is 482 g/mol. The lowest BCUT2D eigenvalue weighted by atomic mass is 10.0. The number of halogens is 1. The molecule has 1 fully saturated rings. The van der Waals surface area contributed by atoms with Crippen molar-refractivity contribution in [2.75, 3.05) is 11.9 Å². The molecule has 3 amide bonds. The van der Waals surface area contributed by atoms with Crippen LogP contribution in [0.3, 0.4) is 0 Å². The number of carbonyl (C=O) groups excluding carboxylic acids is 4. The highest BCUT2D eigenvalue weighted by Gasteiger charge is 2.38. The van der Waals surface area contributed by atoms with E-state index in [2.05, 4.69) is 26.6 Å². The third kappa shape index (κ3) is 6.29. The molecule has 9 heteroatoms. The Balaban J connectivity index is 1.97. The second-order valence-corrected chi connectivity index (χ2v) is 8.15. The van der Waals surface area contributed by atoms with Crippen molar-refractivity contribution >= 4 is 39.6 Å². The number of ether oxygens (including phenoxy) is 1. The number of ketones is 1. The number of nitrogens with one attached hydrogen (secondary N) is 2. The summed E-state index contributed by atoms with van der Waals surface area (Å²) < 4.78 is 5.12. The Labute approximate surface area is 184 Å².